The van der Waals surface area contributed by atoms with E-state index in [0.717, 1.165) is 12.8 Å². The number of hydrogen-bond acceptors (Lipinski definition) is 3. The zero-order valence-electron chi connectivity index (χ0n) is 5.62. The van der Waals surface area contributed by atoms with Crippen molar-refractivity contribution in [1.29, 1.82) is 0 Å². The molecule has 1 aliphatic heterocycles. The van der Waals surface area contributed by atoms with Crippen LogP contribution in [0.2, 0.25) is 0 Å². The van der Waals surface area contributed by atoms with Gasteiger partial charge < -0.3 is 9.84 Å². The predicted molar refractivity (Wildman–Crippen MR) is 33.2 cm³/mol. The maximum Gasteiger partial charge on any atom is 0.309 e. The zero-order valence-corrected chi connectivity index (χ0v) is 5.62. The molecule has 2 fully saturated rings. The van der Waals surface area contributed by atoms with Gasteiger partial charge in [0.2, 0.25) is 0 Å². The Morgan fingerprint density at radius 1 is 1.60 bits per heavy atom. The van der Waals surface area contributed by atoms with Gasteiger partial charge in [0.15, 0.2) is 0 Å². The highest BCUT2D eigenvalue weighted by atomic mass is 16.6. The molecule has 1 saturated heterocycles. The van der Waals surface area contributed by atoms with E-state index in [-0.39, 0.29) is 24.6 Å². The van der Waals surface area contributed by atoms with E-state index in [0.29, 0.717) is 5.92 Å². The van der Waals surface area contributed by atoms with E-state index in [9.17, 15) is 4.79 Å². The smallest absolute Gasteiger partial charge is 0.309 e. The van der Waals surface area contributed by atoms with Gasteiger partial charge in [0.25, 0.3) is 0 Å². The lowest BCUT2D eigenvalue weighted by Crippen LogP contribution is -2.31. The Labute approximate surface area is 59.0 Å². The third kappa shape index (κ3) is 0.611. The van der Waals surface area contributed by atoms with Gasteiger partial charge in [0.1, 0.15) is 6.10 Å². The summed E-state index contributed by atoms with van der Waals surface area (Å²) < 4.78 is 4.91. The number of aliphatic hydroxyl groups excluding tert-OH is 1. The number of hydrogen-bond donors (Lipinski definition) is 1. The van der Waals surface area contributed by atoms with Crippen LogP contribution >= 0.6 is 0 Å². The normalized spacial score (nSPS) is 44.1. The Kier molecular flexibility index (Phi) is 1.20. The van der Waals surface area contributed by atoms with Crippen molar-refractivity contribution in [2.75, 3.05) is 6.61 Å². The minimum Gasteiger partial charge on any atom is -0.459 e. The number of aliphatic hydroxyl groups is 1. The molecular weight excluding hydrogens is 132 g/mol. The molecule has 0 spiro atoms. The molecule has 0 bridgehead atoms. The largest absolute Gasteiger partial charge is 0.459 e. The molecule has 0 radical (unpaired) electrons. The molecule has 10 heavy (non-hydrogen) atoms. The average molecular weight is 142 g/mol. The van der Waals surface area contributed by atoms with E-state index >= 15 is 0 Å². The summed E-state index contributed by atoms with van der Waals surface area (Å²) in [6, 6.07) is 0. The quantitative estimate of drug-likeness (QED) is 0.521. The number of ether oxygens (including phenoxy) is 1. The maximum atomic E-state index is 10.9. The summed E-state index contributed by atoms with van der Waals surface area (Å²) in [5, 5.41) is 8.73. The molecule has 0 unspecified atom stereocenters. The van der Waals surface area contributed by atoms with Crippen LogP contribution in [0, 0.1) is 11.8 Å². The van der Waals surface area contributed by atoms with Gasteiger partial charge in [-0.15, -0.1) is 0 Å². The Morgan fingerprint density at radius 2 is 2.40 bits per heavy atom. The van der Waals surface area contributed by atoms with Gasteiger partial charge in [0, 0.05) is 5.92 Å². The zero-order chi connectivity index (χ0) is 7.14. The lowest BCUT2D eigenvalue weighted by atomic mass is 9.73. The number of esters is 1. The second kappa shape index (κ2) is 1.95. The first-order chi connectivity index (χ1) is 4.83. The van der Waals surface area contributed by atoms with Crippen molar-refractivity contribution in [3.8, 4) is 0 Å². The van der Waals surface area contributed by atoms with Crippen molar-refractivity contribution >= 4 is 5.97 Å². The van der Waals surface area contributed by atoms with Crippen LogP contribution in [0.4, 0.5) is 0 Å². The topological polar surface area (TPSA) is 46.5 Å². The van der Waals surface area contributed by atoms with Crippen LogP contribution in [0.1, 0.15) is 12.8 Å². The fraction of sp³-hybridized carbons (Fsp3) is 0.857. The molecular formula is C7H10O3. The molecule has 2 rings (SSSR count). The van der Waals surface area contributed by atoms with Crippen LogP contribution in [-0.2, 0) is 9.53 Å². The van der Waals surface area contributed by atoms with Gasteiger partial charge in [0.05, 0.1) is 12.5 Å². The van der Waals surface area contributed by atoms with E-state index in [4.69, 9.17) is 9.84 Å². The van der Waals surface area contributed by atoms with Crippen molar-refractivity contribution in [2.45, 2.75) is 18.9 Å². The van der Waals surface area contributed by atoms with Crippen LogP contribution in [0.25, 0.3) is 0 Å². The molecule has 1 saturated carbocycles. The van der Waals surface area contributed by atoms with Crippen LogP contribution in [0.5, 0.6) is 0 Å². The summed E-state index contributed by atoms with van der Waals surface area (Å²) in [5.41, 5.74) is 0. The van der Waals surface area contributed by atoms with Gasteiger partial charge in [-0.2, -0.15) is 0 Å². The van der Waals surface area contributed by atoms with Crippen molar-refractivity contribution < 1.29 is 14.6 Å². The van der Waals surface area contributed by atoms with Crippen molar-refractivity contribution in [3.05, 3.63) is 0 Å². The second-order valence-corrected chi connectivity index (χ2v) is 3.01. The number of carbonyl (C=O) groups is 1. The SMILES string of the molecule is O=C1O[C@@H](CO)[C@@H]2CC[C@H]12. The van der Waals surface area contributed by atoms with Crippen LogP contribution in [0.15, 0.2) is 0 Å². The second-order valence-electron chi connectivity index (χ2n) is 3.01. The minimum absolute atomic E-state index is 0.00704. The molecule has 56 valence electrons. The minimum atomic E-state index is -0.189. The summed E-state index contributed by atoms with van der Waals surface area (Å²) in [7, 11) is 0. The highest BCUT2D eigenvalue weighted by Crippen LogP contribution is 2.43. The summed E-state index contributed by atoms with van der Waals surface area (Å²) in [6.45, 7) is -0.00704. The molecule has 1 aliphatic carbocycles. The van der Waals surface area contributed by atoms with Crippen molar-refractivity contribution in [2.24, 2.45) is 11.8 Å². The molecule has 3 nitrogen and oxygen atoms in total. The molecule has 3 atom stereocenters. The fourth-order valence-corrected chi connectivity index (χ4v) is 1.76. The van der Waals surface area contributed by atoms with Crippen LogP contribution < -0.4 is 0 Å². The Hall–Kier alpha value is -0.570. The average Bonchev–Trinajstić information content (AvgIpc) is 2.02. The maximum absolute atomic E-state index is 10.9. The summed E-state index contributed by atoms with van der Waals surface area (Å²) >= 11 is 0. The van der Waals surface area contributed by atoms with E-state index in [1.807, 2.05) is 0 Å². The Balaban J connectivity index is 2.09. The number of rotatable bonds is 1. The fourth-order valence-electron chi connectivity index (χ4n) is 1.76. The summed E-state index contributed by atoms with van der Waals surface area (Å²) in [4.78, 5) is 10.9. The molecule has 0 aromatic rings. The van der Waals surface area contributed by atoms with E-state index in [2.05, 4.69) is 0 Å². The molecule has 2 aliphatic rings. The van der Waals surface area contributed by atoms with E-state index in [1.54, 1.807) is 0 Å². The number of carbonyl (C=O) groups excluding carboxylic acids is 1. The first kappa shape index (κ1) is 6.16. The van der Waals surface area contributed by atoms with Gasteiger partial charge in [-0.3, -0.25) is 4.79 Å². The Morgan fingerprint density at radius 3 is 2.70 bits per heavy atom. The van der Waals surface area contributed by atoms with E-state index < -0.39 is 0 Å². The number of fused-ring (bicyclic) bond motifs is 1. The summed E-state index contributed by atoms with van der Waals surface area (Å²) in [6.07, 6.45) is 1.81. The van der Waals surface area contributed by atoms with Gasteiger partial charge in [-0.1, -0.05) is 0 Å². The standard InChI is InChI=1S/C7H10O3/c8-3-6-4-1-2-5(4)7(9)10-6/h4-6,8H,1-3H2/t4-,5+,6+/m1/s1. The predicted octanol–water partition coefficient (Wildman–Crippen LogP) is -0.0697. The molecule has 0 amide bonds. The lowest BCUT2D eigenvalue weighted by molar-refractivity contribution is -0.145. The molecule has 1 N–H and O–H groups in total. The molecule has 3 heteroatoms. The van der Waals surface area contributed by atoms with Crippen molar-refractivity contribution in [3.63, 3.8) is 0 Å². The first-order valence-corrected chi connectivity index (χ1v) is 3.64. The van der Waals surface area contributed by atoms with Crippen molar-refractivity contribution in [1.82, 2.24) is 0 Å². The van der Waals surface area contributed by atoms with Crippen LogP contribution in [-0.4, -0.2) is 23.8 Å². The summed E-state index contributed by atoms with van der Waals surface area (Å²) in [5.74, 6) is 0.352. The molecule has 0 aromatic heterocycles. The lowest BCUT2D eigenvalue weighted by Gasteiger charge is -2.27. The van der Waals surface area contributed by atoms with Gasteiger partial charge >= 0.3 is 5.97 Å². The number of cyclic esters (lactones) is 1. The third-order valence-corrected chi connectivity index (χ3v) is 2.56. The highest BCUT2D eigenvalue weighted by molar-refractivity contribution is 5.76. The van der Waals surface area contributed by atoms with Gasteiger partial charge in [-0.25, -0.2) is 0 Å². The first-order valence-electron chi connectivity index (χ1n) is 3.64. The van der Waals surface area contributed by atoms with E-state index in [1.165, 1.54) is 0 Å². The monoisotopic (exact) mass is 142 g/mol. The highest BCUT2D eigenvalue weighted by Gasteiger charge is 2.49. The van der Waals surface area contributed by atoms with Gasteiger partial charge in [-0.05, 0) is 12.8 Å². The third-order valence-electron chi connectivity index (χ3n) is 2.56. The van der Waals surface area contributed by atoms with Crippen LogP contribution in [0.3, 0.4) is 0 Å². The molecule has 1 heterocycles. The Bertz CT molecular complexity index is 164. The molecule has 0 aromatic carbocycles.